The van der Waals surface area contributed by atoms with Crippen molar-refractivity contribution in [3.8, 4) is 0 Å². The Morgan fingerprint density at radius 1 is 0.913 bits per heavy atom. The minimum absolute atomic E-state index is 0.0141. The van der Waals surface area contributed by atoms with Crippen molar-refractivity contribution in [2.24, 2.45) is 7.05 Å². The Hall–Kier alpha value is -2.65. The highest BCUT2D eigenvalue weighted by atomic mass is 16.1. The number of pyridine rings is 1. The molecule has 1 aromatic heterocycles. The van der Waals surface area contributed by atoms with E-state index in [1.165, 1.54) is 11.1 Å². The molecule has 3 heteroatoms. The van der Waals surface area contributed by atoms with Crippen LogP contribution in [0, 0.1) is 0 Å². The summed E-state index contributed by atoms with van der Waals surface area (Å²) >= 11 is 0. The van der Waals surface area contributed by atoms with Gasteiger partial charge in [-0.2, -0.15) is 0 Å². The molecule has 0 atom stereocenters. The first-order chi connectivity index (χ1) is 11.2. The van der Waals surface area contributed by atoms with Crippen LogP contribution in [0.1, 0.15) is 22.7 Å². The summed E-state index contributed by atoms with van der Waals surface area (Å²) in [7, 11) is 1.76. The van der Waals surface area contributed by atoms with Gasteiger partial charge in [-0.1, -0.05) is 60.7 Å². The van der Waals surface area contributed by atoms with Crippen molar-refractivity contribution in [3.05, 3.63) is 106 Å². The molecule has 0 aliphatic heterocycles. The molecule has 0 aliphatic carbocycles. The number of rotatable bonds is 5. The number of aryl methyl sites for hydroxylation is 1. The second-order valence-corrected chi connectivity index (χ2v) is 5.62. The second-order valence-electron chi connectivity index (χ2n) is 5.62. The van der Waals surface area contributed by atoms with Gasteiger partial charge < -0.3 is 9.88 Å². The van der Waals surface area contributed by atoms with Crippen LogP contribution in [0.4, 0.5) is 0 Å². The molecule has 0 aliphatic rings. The summed E-state index contributed by atoms with van der Waals surface area (Å²) in [5.74, 6) is 0. The van der Waals surface area contributed by atoms with Crippen molar-refractivity contribution in [1.82, 2.24) is 9.88 Å². The van der Waals surface area contributed by atoms with E-state index >= 15 is 0 Å². The first-order valence-electron chi connectivity index (χ1n) is 7.73. The van der Waals surface area contributed by atoms with Gasteiger partial charge in [0.2, 0.25) is 0 Å². The van der Waals surface area contributed by atoms with Crippen LogP contribution in [-0.4, -0.2) is 4.57 Å². The minimum Gasteiger partial charge on any atom is -0.319 e. The minimum atomic E-state index is 0.0141. The molecule has 116 valence electrons. The van der Waals surface area contributed by atoms with Gasteiger partial charge in [-0.15, -0.1) is 0 Å². The van der Waals surface area contributed by atoms with E-state index < -0.39 is 0 Å². The molecule has 3 nitrogen and oxygen atoms in total. The largest absolute Gasteiger partial charge is 0.319 e. The first-order valence-corrected chi connectivity index (χ1v) is 7.73. The molecule has 0 saturated heterocycles. The van der Waals surface area contributed by atoms with Crippen LogP contribution >= 0.6 is 0 Å². The normalized spacial score (nSPS) is 10.9. The van der Waals surface area contributed by atoms with E-state index in [1.807, 2.05) is 42.5 Å². The molecule has 0 bridgehead atoms. The monoisotopic (exact) mass is 304 g/mol. The molecule has 0 saturated carbocycles. The zero-order valence-electron chi connectivity index (χ0n) is 13.1. The highest BCUT2D eigenvalue weighted by Crippen LogP contribution is 2.22. The van der Waals surface area contributed by atoms with E-state index in [9.17, 15) is 4.79 Å². The van der Waals surface area contributed by atoms with Crippen LogP contribution in [0.3, 0.4) is 0 Å². The van der Waals surface area contributed by atoms with Crippen molar-refractivity contribution < 1.29 is 0 Å². The molecule has 1 heterocycles. The molecule has 0 unspecified atom stereocenters. The van der Waals surface area contributed by atoms with E-state index in [-0.39, 0.29) is 11.6 Å². The lowest BCUT2D eigenvalue weighted by Gasteiger charge is -2.20. The summed E-state index contributed by atoms with van der Waals surface area (Å²) in [5, 5.41) is 3.57. The lowest BCUT2D eigenvalue weighted by Crippen LogP contribution is -2.23. The Balaban J connectivity index is 1.84. The molecule has 1 N–H and O–H groups in total. The third-order valence-electron chi connectivity index (χ3n) is 3.94. The smallest absolute Gasteiger partial charge is 0.250 e. The number of nitrogens with one attached hydrogen (secondary N) is 1. The molecular formula is C20H20N2O. The van der Waals surface area contributed by atoms with E-state index in [4.69, 9.17) is 0 Å². The molecule has 0 spiro atoms. The third-order valence-corrected chi connectivity index (χ3v) is 3.94. The average Bonchev–Trinajstić information content (AvgIpc) is 2.60. The summed E-state index contributed by atoms with van der Waals surface area (Å²) in [5.41, 5.74) is 3.43. The van der Waals surface area contributed by atoms with Crippen molar-refractivity contribution >= 4 is 0 Å². The molecule has 0 radical (unpaired) electrons. The molecular weight excluding hydrogens is 284 g/mol. The number of benzene rings is 2. The number of hydrogen-bond acceptors (Lipinski definition) is 2. The molecule has 3 rings (SSSR count). The van der Waals surface area contributed by atoms with Crippen molar-refractivity contribution in [2.75, 3.05) is 0 Å². The Kier molecular flexibility index (Phi) is 4.69. The van der Waals surface area contributed by atoms with Crippen LogP contribution in [0.5, 0.6) is 0 Å². The highest BCUT2D eigenvalue weighted by Gasteiger charge is 2.13. The highest BCUT2D eigenvalue weighted by molar-refractivity contribution is 5.31. The first kappa shape index (κ1) is 15.3. The molecule has 23 heavy (non-hydrogen) atoms. The Bertz CT molecular complexity index is 770. The molecule has 3 aromatic rings. The Morgan fingerprint density at radius 2 is 1.48 bits per heavy atom. The van der Waals surface area contributed by atoms with E-state index in [1.54, 1.807) is 23.9 Å². The number of nitrogens with zero attached hydrogens (tertiary/aromatic N) is 1. The van der Waals surface area contributed by atoms with Gasteiger partial charge in [-0.3, -0.25) is 4.79 Å². The van der Waals surface area contributed by atoms with Crippen molar-refractivity contribution in [3.63, 3.8) is 0 Å². The Labute approximate surface area is 136 Å². The van der Waals surface area contributed by atoms with Gasteiger partial charge >= 0.3 is 0 Å². The van der Waals surface area contributed by atoms with Gasteiger partial charge in [0.05, 0.1) is 6.04 Å². The number of aromatic nitrogens is 1. The fraction of sp³-hybridized carbons (Fsp3) is 0.150. The van der Waals surface area contributed by atoms with Gasteiger partial charge in [-0.25, -0.2) is 0 Å². The SMILES string of the molecule is Cn1ccc(CNC(c2ccccc2)c2ccccc2)cc1=O. The molecule has 0 amide bonds. The lowest BCUT2D eigenvalue weighted by molar-refractivity contribution is 0.603. The molecule has 0 fully saturated rings. The van der Waals surface area contributed by atoms with Crippen LogP contribution in [0.2, 0.25) is 0 Å². The van der Waals surface area contributed by atoms with Gasteiger partial charge in [0, 0.05) is 25.9 Å². The predicted octanol–water partition coefficient (Wildman–Crippen LogP) is 3.26. The van der Waals surface area contributed by atoms with Crippen molar-refractivity contribution in [2.45, 2.75) is 12.6 Å². The summed E-state index contributed by atoms with van der Waals surface area (Å²) in [6, 6.07) is 24.5. The van der Waals surface area contributed by atoms with E-state index in [2.05, 4.69) is 29.6 Å². The summed E-state index contributed by atoms with van der Waals surface area (Å²) in [6.07, 6.45) is 1.80. The third kappa shape index (κ3) is 3.76. The van der Waals surface area contributed by atoms with Crippen LogP contribution in [0.25, 0.3) is 0 Å². The van der Waals surface area contributed by atoms with E-state index in [0.29, 0.717) is 6.54 Å². The van der Waals surface area contributed by atoms with Gasteiger partial charge in [0.1, 0.15) is 0 Å². The van der Waals surface area contributed by atoms with Crippen LogP contribution in [0.15, 0.2) is 83.8 Å². The quantitative estimate of drug-likeness (QED) is 0.785. The number of hydrogen-bond donors (Lipinski definition) is 1. The van der Waals surface area contributed by atoms with Crippen molar-refractivity contribution in [1.29, 1.82) is 0 Å². The standard InChI is InChI=1S/C20H20N2O/c1-22-13-12-16(14-19(22)23)15-21-20(17-8-4-2-5-9-17)18-10-6-3-7-11-18/h2-14,20-21H,15H2,1H3. The van der Waals surface area contributed by atoms with Crippen LogP contribution < -0.4 is 10.9 Å². The fourth-order valence-electron chi connectivity index (χ4n) is 2.64. The maximum Gasteiger partial charge on any atom is 0.250 e. The van der Waals surface area contributed by atoms with Gasteiger partial charge in [0.25, 0.3) is 5.56 Å². The van der Waals surface area contributed by atoms with Gasteiger partial charge in [0.15, 0.2) is 0 Å². The Morgan fingerprint density at radius 3 is 2.00 bits per heavy atom. The summed E-state index contributed by atoms with van der Waals surface area (Å²) in [4.78, 5) is 11.8. The summed E-state index contributed by atoms with van der Waals surface area (Å²) in [6.45, 7) is 0.643. The zero-order valence-corrected chi connectivity index (χ0v) is 13.1. The van der Waals surface area contributed by atoms with Gasteiger partial charge in [-0.05, 0) is 22.8 Å². The van der Waals surface area contributed by atoms with E-state index in [0.717, 1.165) is 5.56 Å². The second kappa shape index (κ2) is 7.07. The fourth-order valence-corrected chi connectivity index (χ4v) is 2.64. The van der Waals surface area contributed by atoms with Crippen LogP contribution in [-0.2, 0) is 13.6 Å². The zero-order chi connectivity index (χ0) is 16.1. The topological polar surface area (TPSA) is 34.0 Å². The predicted molar refractivity (Wildman–Crippen MR) is 93.2 cm³/mol. The molecule has 2 aromatic carbocycles. The maximum absolute atomic E-state index is 11.8. The summed E-state index contributed by atoms with van der Waals surface area (Å²) < 4.78 is 1.58. The maximum atomic E-state index is 11.8. The average molecular weight is 304 g/mol. The lowest BCUT2D eigenvalue weighted by atomic mass is 9.98.